The average molecular weight is 313 g/mol. The summed E-state index contributed by atoms with van der Waals surface area (Å²) in [5.74, 6) is 0.0152. The van der Waals surface area contributed by atoms with Crippen LogP contribution in [0.5, 0.6) is 0 Å². The van der Waals surface area contributed by atoms with Crippen LogP contribution in [0.2, 0.25) is 0 Å². The van der Waals surface area contributed by atoms with Crippen molar-refractivity contribution in [1.29, 1.82) is 0 Å². The maximum Gasteiger partial charge on any atom is 0.234 e. The Hall–Kier alpha value is -0.870. The van der Waals surface area contributed by atoms with Gasteiger partial charge in [0.05, 0.1) is 6.54 Å². The van der Waals surface area contributed by atoms with Gasteiger partial charge < -0.3 is 10.6 Å². The number of carbonyl (C=O) groups is 1. The van der Waals surface area contributed by atoms with Crippen molar-refractivity contribution in [2.75, 3.05) is 6.54 Å². The fraction of sp³-hybridized carbons (Fsp3) is 0.500. The summed E-state index contributed by atoms with van der Waals surface area (Å²) in [6, 6.07) is 8.15. The van der Waals surface area contributed by atoms with Crippen molar-refractivity contribution in [2.45, 2.75) is 39.3 Å². The lowest BCUT2D eigenvalue weighted by molar-refractivity contribution is -0.121. The molecule has 0 spiro atoms. The molecule has 100 valence electrons. The summed E-state index contributed by atoms with van der Waals surface area (Å²) < 4.78 is 1.06. The third-order valence-electron chi connectivity index (χ3n) is 2.45. The summed E-state index contributed by atoms with van der Waals surface area (Å²) in [5.41, 5.74) is 0.969. The molecule has 1 aromatic rings. The quantitative estimate of drug-likeness (QED) is 0.897. The molecule has 0 aromatic heterocycles. The molecule has 0 aliphatic heterocycles. The van der Waals surface area contributed by atoms with E-state index in [1.807, 2.05) is 52.0 Å². The predicted molar refractivity (Wildman–Crippen MR) is 78.5 cm³/mol. The van der Waals surface area contributed by atoms with Crippen molar-refractivity contribution in [3.05, 3.63) is 34.3 Å². The Morgan fingerprint density at radius 3 is 2.50 bits per heavy atom. The Morgan fingerprint density at radius 1 is 1.33 bits per heavy atom. The Balaban J connectivity index is 2.49. The van der Waals surface area contributed by atoms with Crippen molar-refractivity contribution >= 4 is 21.8 Å². The predicted octanol–water partition coefficient (Wildman–Crippen LogP) is 3.01. The Morgan fingerprint density at radius 2 is 1.94 bits per heavy atom. The number of rotatable bonds is 4. The van der Waals surface area contributed by atoms with Gasteiger partial charge in [0.25, 0.3) is 0 Å². The van der Waals surface area contributed by atoms with Gasteiger partial charge in [-0.3, -0.25) is 4.79 Å². The molecule has 0 bridgehead atoms. The SMILES string of the molecule is C[C@@H](NCC(=O)NC(C)(C)C)c1ccccc1Br. The molecule has 0 fully saturated rings. The molecule has 0 aliphatic carbocycles. The first-order chi connectivity index (χ1) is 8.29. The Kier molecular flexibility index (Phi) is 5.35. The van der Waals surface area contributed by atoms with E-state index in [9.17, 15) is 4.79 Å². The third kappa shape index (κ3) is 5.19. The zero-order valence-electron chi connectivity index (χ0n) is 11.4. The molecule has 18 heavy (non-hydrogen) atoms. The number of carbonyl (C=O) groups excluding carboxylic acids is 1. The number of hydrogen-bond acceptors (Lipinski definition) is 2. The average Bonchev–Trinajstić information content (AvgIpc) is 2.24. The molecule has 1 aromatic carbocycles. The highest BCUT2D eigenvalue weighted by Crippen LogP contribution is 2.22. The second kappa shape index (κ2) is 6.34. The van der Waals surface area contributed by atoms with Crippen molar-refractivity contribution in [1.82, 2.24) is 10.6 Å². The first-order valence-electron chi connectivity index (χ1n) is 6.08. The van der Waals surface area contributed by atoms with Crippen molar-refractivity contribution in [3.8, 4) is 0 Å². The van der Waals surface area contributed by atoms with E-state index < -0.39 is 0 Å². The smallest absolute Gasteiger partial charge is 0.234 e. The first-order valence-corrected chi connectivity index (χ1v) is 6.88. The maximum atomic E-state index is 11.7. The van der Waals surface area contributed by atoms with E-state index in [1.165, 1.54) is 0 Å². The van der Waals surface area contributed by atoms with Gasteiger partial charge in [-0.2, -0.15) is 0 Å². The number of hydrogen-bond donors (Lipinski definition) is 2. The van der Waals surface area contributed by atoms with Crippen LogP contribution in [-0.4, -0.2) is 18.0 Å². The molecule has 0 unspecified atom stereocenters. The normalized spacial score (nSPS) is 13.2. The van der Waals surface area contributed by atoms with Crippen LogP contribution in [0.1, 0.15) is 39.3 Å². The fourth-order valence-corrected chi connectivity index (χ4v) is 2.27. The van der Waals surface area contributed by atoms with Gasteiger partial charge in [0.15, 0.2) is 0 Å². The van der Waals surface area contributed by atoms with Crippen LogP contribution < -0.4 is 10.6 Å². The molecule has 0 aliphatic rings. The van der Waals surface area contributed by atoms with E-state index in [-0.39, 0.29) is 17.5 Å². The minimum Gasteiger partial charge on any atom is -0.350 e. The Bertz CT molecular complexity index is 413. The molecule has 4 heteroatoms. The number of amides is 1. The Labute approximate surface area is 117 Å². The summed E-state index contributed by atoms with van der Waals surface area (Å²) in [5, 5.41) is 6.15. The molecule has 0 saturated carbocycles. The molecule has 1 atom stereocenters. The van der Waals surface area contributed by atoms with E-state index in [4.69, 9.17) is 0 Å². The molecular weight excluding hydrogens is 292 g/mol. The fourth-order valence-electron chi connectivity index (χ4n) is 1.64. The van der Waals surface area contributed by atoms with Crippen LogP contribution in [-0.2, 0) is 4.79 Å². The highest BCUT2D eigenvalue weighted by Gasteiger charge is 2.15. The molecule has 1 rings (SSSR count). The largest absolute Gasteiger partial charge is 0.350 e. The second-order valence-corrected chi connectivity index (χ2v) is 6.28. The molecule has 0 heterocycles. The van der Waals surface area contributed by atoms with E-state index in [2.05, 4.69) is 26.6 Å². The minimum atomic E-state index is -0.185. The topological polar surface area (TPSA) is 41.1 Å². The van der Waals surface area contributed by atoms with Gasteiger partial charge in [0.1, 0.15) is 0 Å². The summed E-state index contributed by atoms with van der Waals surface area (Å²) >= 11 is 3.51. The van der Waals surface area contributed by atoms with Crippen LogP contribution >= 0.6 is 15.9 Å². The zero-order chi connectivity index (χ0) is 13.8. The van der Waals surface area contributed by atoms with Crippen molar-refractivity contribution < 1.29 is 4.79 Å². The van der Waals surface area contributed by atoms with Gasteiger partial charge in [-0.25, -0.2) is 0 Å². The summed E-state index contributed by atoms with van der Waals surface area (Å²) in [6.45, 7) is 8.29. The van der Waals surface area contributed by atoms with E-state index in [0.29, 0.717) is 6.54 Å². The molecule has 3 nitrogen and oxygen atoms in total. The minimum absolute atomic E-state index is 0.0152. The van der Waals surface area contributed by atoms with Gasteiger partial charge in [0.2, 0.25) is 5.91 Å². The lowest BCUT2D eigenvalue weighted by atomic mass is 10.1. The van der Waals surface area contributed by atoms with Gasteiger partial charge in [0, 0.05) is 16.1 Å². The molecule has 1 amide bonds. The molecule has 2 N–H and O–H groups in total. The number of nitrogens with one attached hydrogen (secondary N) is 2. The van der Waals surface area contributed by atoms with Crippen LogP contribution in [0, 0.1) is 0 Å². The van der Waals surface area contributed by atoms with Crippen LogP contribution in [0.25, 0.3) is 0 Å². The number of halogens is 1. The van der Waals surface area contributed by atoms with E-state index in [0.717, 1.165) is 10.0 Å². The van der Waals surface area contributed by atoms with Crippen molar-refractivity contribution in [2.24, 2.45) is 0 Å². The lowest BCUT2D eigenvalue weighted by Gasteiger charge is -2.22. The van der Waals surface area contributed by atoms with E-state index in [1.54, 1.807) is 0 Å². The summed E-state index contributed by atoms with van der Waals surface area (Å²) in [7, 11) is 0. The van der Waals surface area contributed by atoms with Gasteiger partial charge >= 0.3 is 0 Å². The van der Waals surface area contributed by atoms with Gasteiger partial charge in [-0.05, 0) is 39.3 Å². The summed E-state index contributed by atoms with van der Waals surface area (Å²) in [6.07, 6.45) is 0. The molecular formula is C14H21BrN2O. The number of benzene rings is 1. The molecule has 0 saturated heterocycles. The van der Waals surface area contributed by atoms with Gasteiger partial charge in [-0.15, -0.1) is 0 Å². The van der Waals surface area contributed by atoms with E-state index >= 15 is 0 Å². The molecule has 0 radical (unpaired) electrons. The second-order valence-electron chi connectivity index (χ2n) is 5.42. The maximum absolute atomic E-state index is 11.7. The highest BCUT2D eigenvalue weighted by molar-refractivity contribution is 9.10. The lowest BCUT2D eigenvalue weighted by Crippen LogP contribution is -2.45. The zero-order valence-corrected chi connectivity index (χ0v) is 13.0. The van der Waals surface area contributed by atoms with Crippen LogP contribution in [0.3, 0.4) is 0 Å². The van der Waals surface area contributed by atoms with Crippen molar-refractivity contribution in [3.63, 3.8) is 0 Å². The third-order valence-corrected chi connectivity index (χ3v) is 3.18. The van der Waals surface area contributed by atoms with Crippen LogP contribution in [0.4, 0.5) is 0 Å². The van der Waals surface area contributed by atoms with Gasteiger partial charge in [-0.1, -0.05) is 34.1 Å². The monoisotopic (exact) mass is 312 g/mol. The highest BCUT2D eigenvalue weighted by atomic mass is 79.9. The van der Waals surface area contributed by atoms with Crippen LogP contribution in [0.15, 0.2) is 28.7 Å². The summed E-state index contributed by atoms with van der Waals surface area (Å²) in [4.78, 5) is 11.7. The standard InChI is InChI=1S/C14H21BrN2O/c1-10(11-7-5-6-8-12(11)15)16-9-13(18)17-14(2,3)4/h5-8,10,16H,9H2,1-4H3,(H,17,18)/t10-/m1/s1. The first kappa shape index (κ1) is 15.2.